The van der Waals surface area contributed by atoms with Gasteiger partial charge in [0.2, 0.25) is 0 Å². The Morgan fingerprint density at radius 3 is 2.80 bits per heavy atom. The Hall–Kier alpha value is -0.687. The second kappa shape index (κ2) is 4.05. The summed E-state index contributed by atoms with van der Waals surface area (Å²) in [7, 11) is 0. The zero-order chi connectivity index (χ0) is 10.9. The van der Waals surface area contributed by atoms with Crippen LogP contribution < -0.4 is 4.42 Å². The van der Waals surface area contributed by atoms with Crippen LogP contribution in [0.25, 0.3) is 0 Å². The van der Waals surface area contributed by atoms with E-state index >= 15 is 0 Å². The summed E-state index contributed by atoms with van der Waals surface area (Å²) < 4.78 is 2.74. The van der Waals surface area contributed by atoms with E-state index in [1.54, 1.807) is 4.17 Å². The fourth-order valence-corrected chi connectivity index (χ4v) is 4.02. The number of rotatable bonds is 2. The SMILES string of the molecule is CC(C)(C)C1=[C]([Ru][c]2ncc[nH]2)CC=C1. The van der Waals surface area contributed by atoms with Crippen LogP contribution in [0.4, 0.5) is 0 Å². The van der Waals surface area contributed by atoms with Gasteiger partial charge < -0.3 is 0 Å². The second-order valence-electron chi connectivity index (χ2n) is 4.62. The van der Waals surface area contributed by atoms with Crippen molar-refractivity contribution in [3.8, 4) is 0 Å². The van der Waals surface area contributed by atoms with E-state index in [1.165, 1.54) is 5.57 Å². The zero-order valence-electron chi connectivity index (χ0n) is 9.32. The molecule has 0 unspecified atom stereocenters. The molecule has 0 aliphatic heterocycles. The maximum atomic E-state index is 4.32. The predicted octanol–water partition coefficient (Wildman–Crippen LogP) is 2.38. The Kier molecular flexibility index (Phi) is 2.92. The Morgan fingerprint density at radius 1 is 1.40 bits per heavy atom. The normalized spacial score (nSPS) is 16.7. The van der Waals surface area contributed by atoms with Gasteiger partial charge in [-0.05, 0) is 0 Å². The van der Waals surface area contributed by atoms with E-state index in [4.69, 9.17) is 0 Å². The van der Waals surface area contributed by atoms with Gasteiger partial charge in [-0.25, -0.2) is 0 Å². The second-order valence-corrected chi connectivity index (χ2v) is 6.92. The summed E-state index contributed by atoms with van der Waals surface area (Å²) in [5.74, 6) is 0. The van der Waals surface area contributed by atoms with Gasteiger partial charge >= 0.3 is 98.4 Å². The standard InChI is InChI=1S/C9H13.C3H3N2.Ru/c1-9(2,3)8-6-4-5-7-8;1-2-5-3-4-1;/h4,6H,5H2,1-3H3;1-2H,(H,4,5);. The molecule has 0 radical (unpaired) electrons. The Bertz CT molecular complexity index is 394. The molecule has 2 rings (SSSR count). The van der Waals surface area contributed by atoms with E-state index in [0.29, 0.717) is 0 Å². The van der Waals surface area contributed by atoms with Gasteiger partial charge in [0.1, 0.15) is 0 Å². The molecule has 1 aromatic rings. The van der Waals surface area contributed by atoms with Crippen molar-refractivity contribution in [1.82, 2.24) is 9.97 Å². The van der Waals surface area contributed by atoms with Gasteiger partial charge in [0.25, 0.3) is 0 Å². The van der Waals surface area contributed by atoms with Crippen LogP contribution in [0.1, 0.15) is 27.2 Å². The third-order valence-corrected chi connectivity index (χ3v) is 4.55. The molecule has 0 aromatic carbocycles. The number of hydrogen-bond acceptors (Lipinski definition) is 1. The number of allylic oxidation sites excluding steroid dienone is 4. The molecule has 0 saturated carbocycles. The molecule has 1 aliphatic carbocycles. The molecule has 0 atom stereocenters. The van der Waals surface area contributed by atoms with Crippen LogP contribution in [0.3, 0.4) is 0 Å². The van der Waals surface area contributed by atoms with Gasteiger partial charge in [0.15, 0.2) is 0 Å². The van der Waals surface area contributed by atoms with E-state index in [2.05, 4.69) is 42.9 Å². The van der Waals surface area contributed by atoms with Crippen molar-refractivity contribution in [2.45, 2.75) is 27.2 Å². The van der Waals surface area contributed by atoms with Crippen LogP contribution in [0.2, 0.25) is 0 Å². The van der Waals surface area contributed by atoms with Crippen LogP contribution in [-0.4, -0.2) is 9.97 Å². The Labute approximate surface area is 98.5 Å². The molecule has 1 N–H and O–H groups in total. The van der Waals surface area contributed by atoms with Crippen molar-refractivity contribution in [3.05, 3.63) is 34.3 Å². The summed E-state index contributed by atoms with van der Waals surface area (Å²) in [5.41, 5.74) is 1.78. The first-order valence-corrected chi connectivity index (χ1v) is 6.83. The molecule has 2 nitrogen and oxygen atoms in total. The Balaban J connectivity index is 2.22. The number of H-pyrrole nitrogens is 1. The van der Waals surface area contributed by atoms with Crippen molar-refractivity contribution in [2.24, 2.45) is 5.41 Å². The van der Waals surface area contributed by atoms with E-state index in [9.17, 15) is 0 Å². The van der Waals surface area contributed by atoms with Crippen LogP contribution in [0.15, 0.2) is 34.3 Å². The molecule has 0 spiro atoms. The van der Waals surface area contributed by atoms with Gasteiger partial charge in [-0.1, -0.05) is 0 Å². The van der Waals surface area contributed by atoms with Gasteiger partial charge in [-0.2, -0.15) is 0 Å². The van der Waals surface area contributed by atoms with Crippen LogP contribution in [0, 0.1) is 5.41 Å². The third-order valence-electron chi connectivity index (χ3n) is 2.32. The number of nitrogens with zero attached hydrogens (tertiary/aromatic N) is 1. The van der Waals surface area contributed by atoms with Crippen LogP contribution in [0.5, 0.6) is 0 Å². The van der Waals surface area contributed by atoms with E-state index in [-0.39, 0.29) is 22.5 Å². The fourth-order valence-electron chi connectivity index (χ4n) is 1.60. The van der Waals surface area contributed by atoms with Crippen molar-refractivity contribution in [2.75, 3.05) is 0 Å². The van der Waals surface area contributed by atoms with Crippen molar-refractivity contribution in [3.63, 3.8) is 0 Å². The zero-order valence-corrected chi connectivity index (χ0v) is 11.1. The van der Waals surface area contributed by atoms with Gasteiger partial charge in [0, 0.05) is 0 Å². The maximum absolute atomic E-state index is 4.32. The minimum absolute atomic E-state index is 0.0953. The Morgan fingerprint density at radius 2 is 2.20 bits per heavy atom. The molecule has 82 valence electrons. The van der Waals surface area contributed by atoms with Crippen LogP contribution in [-0.2, 0) is 17.1 Å². The summed E-state index contributed by atoms with van der Waals surface area (Å²) in [5, 5.41) is 0. The van der Waals surface area contributed by atoms with E-state index < -0.39 is 0 Å². The first kappa shape index (κ1) is 10.8. The topological polar surface area (TPSA) is 28.7 Å². The first-order chi connectivity index (χ1) is 7.07. The molecule has 1 heterocycles. The summed E-state index contributed by atoms with van der Waals surface area (Å²) >= 11 is 0.0953. The van der Waals surface area contributed by atoms with Crippen molar-refractivity contribution < 1.29 is 17.1 Å². The van der Waals surface area contributed by atoms with Gasteiger partial charge in [-0.3, -0.25) is 0 Å². The molecule has 0 amide bonds. The van der Waals surface area contributed by atoms with Gasteiger partial charge in [-0.15, -0.1) is 0 Å². The van der Waals surface area contributed by atoms with Crippen molar-refractivity contribution in [1.29, 1.82) is 0 Å². The van der Waals surface area contributed by atoms with Crippen molar-refractivity contribution >= 4 is 4.42 Å². The number of imidazole rings is 1. The number of hydrogen-bond donors (Lipinski definition) is 1. The third kappa shape index (κ3) is 2.46. The fraction of sp³-hybridized carbons (Fsp3) is 0.417. The average molecular weight is 289 g/mol. The summed E-state index contributed by atoms with van der Waals surface area (Å²) in [6, 6.07) is 0. The molecule has 0 saturated heterocycles. The van der Waals surface area contributed by atoms with E-state index in [0.717, 1.165) is 10.8 Å². The quantitative estimate of drug-likeness (QED) is 0.832. The molecule has 3 heteroatoms. The molecular weight excluding hydrogens is 273 g/mol. The summed E-state index contributed by atoms with van der Waals surface area (Å²) in [6.45, 7) is 6.84. The molecular formula is C12H16N2Ru. The number of aromatic nitrogens is 2. The number of aromatic amines is 1. The summed E-state index contributed by atoms with van der Waals surface area (Å²) in [4.78, 5) is 7.52. The predicted molar refractivity (Wildman–Crippen MR) is 58.5 cm³/mol. The molecule has 1 aliphatic rings. The monoisotopic (exact) mass is 290 g/mol. The van der Waals surface area contributed by atoms with E-state index in [1.807, 2.05) is 12.4 Å². The molecule has 15 heavy (non-hydrogen) atoms. The minimum atomic E-state index is 0.0953. The van der Waals surface area contributed by atoms with Crippen LogP contribution >= 0.6 is 0 Å². The molecule has 1 aromatic heterocycles. The average Bonchev–Trinajstić information content (AvgIpc) is 2.73. The summed E-state index contributed by atoms with van der Waals surface area (Å²) in [6.07, 6.45) is 9.42. The molecule has 0 bridgehead atoms. The number of nitrogens with one attached hydrogen (secondary N) is 1. The first-order valence-electron chi connectivity index (χ1n) is 5.09. The molecule has 0 fully saturated rings. The van der Waals surface area contributed by atoms with Gasteiger partial charge in [0.05, 0.1) is 0 Å².